The molecule has 0 spiro atoms. The molecule has 0 N–H and O–H groups in total. The third-order valence-electron chi connectivity index (χ3n) is 1.30. The molecule has 1 aromatic carbocycles. The van der Waals surface area contributed by atoms with E-state index in [1.807, 2.05) is 30.3 Å². The molecule has 0 saturated heterocycles. The summed E-state index contributed by atoms with van der Waals surface area (Å²) in [5, 5.41) is 1.27. The number of benzene rings is 1. The van der Waals surface area contributed by atoms with Crippen LogP contribution in [0, 0.1) is 0 Å². The van der Waals surface area contributed by atoms with Crippen molar-refractivity contribution in [3.8, 4) is 0 Å². The van der Waals surface area contributed by atoms with Crippen LogP contribution in [-0.2, 0) is 8.91 Å². The normalized spacial score (nSPS) is 11.6. The van der Waals surface area contributed by atoms with Gasteiger partial charge in [-0.2, -0.15) is 0 Å². The Morgan fingerprint density at radius 3 is 2.64 bits per heavy atom. The van der Waals surface area contributed by atoms with E-state index in [1.54, 1.807) is 0 Å². The summed E-state index contributed by atoms with van der Waals surface area (Å²) in [6, 6.07) is 10.1. The number of rotatable bonds is 4. The van der Waals surface area contributed by atoms with Crippen molar-refractivity contribution in [2.24, 2.45) is 0 Å². The third-order valence-corrected chi connectivity index (χ3v) is 4.00. The van der Waals surface area contributed by atoms with Crippen molar-refractivity contribution in [3.63, 3.8) is 0 Å². The molecule has 4 heteroatoms. The fraction of sp³-hybridized carbons (Fsp3) is 0. The van der Waals surface area contributed by atoms with Crippen LogP contribution >= 0.6 is 0 Å². The third kappa shape index (κ3) is 3.26. The van der Waals surface area contributed by atoms with E-state index in [0.29, 0.717) is 0 Å². The molecule has 0 bridgehead atoms. The van der Waals surface area contributed by atoms with Gasteiger partial charge in [0.15, 0.2) is 9.76 Å². The molecular weight excluding hydrogens is 172 g/mol. The molecule has 1 aromatic rings. The topological polar surface area (TPSA) is 26.3 Å². The van der Waals surface area contributed by atoms with E-state index in [4.69, 9.17) is 4.12 Å². The van der Waals surface area contributed by atoms with Crippen LogP contribution < -0.4 is 5.19 Å². The monoisotopic (exact) mass is 182 g/mol. The maximum Gasteiger partial charge on any atom is 0.218 e. The summed E-state index contributed by atoms with van der Waals surface area (Å²) < 4.78 is 5.28. The van der Waals surface area contributed by atoms with Crippen molar-refractivity contribution in [1.82, 2.24) is 0 Å². The van der Waals surface area contributed by atoms with Gasteiger partial charge in [-0.1, -0.05) is 30.3 Å². The average molecular weight is 182 g/mol. The fourth-order valence-electron chi connectivity index (χ4n) is 0.799. The highest BCUT2D eigenvalue weighted by molar-refractivity contribution is 6.68. The first-order chi connectivity index (χ1) is 5.43. The first-order valence-corrected chi connectivity index (χ1v) is 6.16. The van der Waals surface area contributed by atoms with E-state index in [0.717, 1.165) is 5.91 Å². The second-order valence-electron chi connectivity index (χ2n) is 2.17. The highest BCUT2D eigenvalue weighted by atomic mass is 28.3. The molecule has 0 unspecified atom stereocenters. The molecular formula is C7H10O2Si2. The number of carbonyl (C=O) groups is 1. The molecule has 0 aliphatic rings. The maximum atomic E-state index is 9.95. The van der Waals surface area contributed by atoms with Crippen molar-refractivity contribution in [1.29, 1.82) is 0 Å². The van der Waals surface area contributed by atoms with E-state index < -0.39 is 19.5 Å². The van der Waals surface area contributed by atoms with Crippen molar-refractivity contribution < 1.29 is 8.91 Å². The molecule has 0 aromatic heterocycles. The minimum atomic E-state index is -0.841. The standard InChI is InChI=1S/C7H10O2Si2/c8-6-10-9-11-7-4-2-1-3-5-7/h1-6H,10-11H2. The second-order valence-corrected chi connectivity index (χ2v) is 5.57. The summed E-state index contributed by atoms with van der Waals surface area (Å²) >= 11 is 0. The zero-order valence-electron chi connectivity index (χ0n) is 6.19. The summed E-state index contributed by atoms with van der Waals surface area (Å²) in [7, 11) is -1.43. The SMILES string of the molecule is O=C[SiH2]O[SiH2]c1ccccc1. The Kier molecular flexibility index (Phi) is 3.81. The molecule has 0 aliphatic heterocycles. The lowest BCUT2D eigenvalue weighted by Crippen LogP contribution is -2.19. The summed E-state index contributed by atoms with van der Waals surface area (Å²) in [6.45, 7) is 0. The molecule has 0 amide bonds. The molecule has 11 heavy (non-hydrogen) atoms. The van der Waals surface area contributed by atoms with Crippen LogP contribution in [0.1, 0.15) is 0 Å². The van der Waals surface area contributed by atoms with E-state index >= 15 is 0 Å². The Balaban J connectivity index is 2.33. The van der Waals surface area contributed by atoms with Gasteiger partial charge in [0, 0.05) is 0 Å². The predicted molar refractivity (Wildman–Crippen MR) is 51.0 cm³/mol. The summed E-state index contributed by atoms with van der Waals surface area (Å²) in [5.41, 5.74) is 0. The van der Waals surface area contributed by atoms with Gasteiger partial charge in [0.05, 0.1) is 0 Å². The van der Waals surface area contributed by atoms with Gasteiger partial charge in [0.1, 0.15) is 5.91 Å². The quantitative estimate of drug-likeness (QED) is 0.328. The summed E-state index contributed by atoms with van der Waals surface area (Å²) in [5.74, 6) is 0.927. The molecule has 0 heterocycles. The molecule has 0 aliphatic carbocycles. The first-order valence-electron chi connectivity index (χ1n) is 3.49. The first kappa shape index (κ1) is 8.38. The highest BCUT2D eigenvalue weighted by Crippen LogP contribution is 1.80. The largest absolute Gasteiger partial charge is 0.456 e. The van der Waals surface area contributed by atoms with E-state index in [9.17, 15) is 4.79 Å². The Morgan fingerprint density at radius 2 is 2.00 bits per heavy atom. The van der Waals surface area contributed by atoms with Gasteiger partial charge in [-0.25, -0.2) is 0 Å². The van der Waals surface area contributed by atoms with Gasteiger partial charge in [-0.15, -0.1) is 0 Å². The predicted octanol–water partition coefficient (Wildman–Crippen LogP) is -1.31. The van der Waals surface area contributed by atoms with Crippen molar-refractivity contribution in [2.75, 3.05) is 0 Å². The minimum Gasteiger partial charge on any atom is -0.456 e. The highest BCUT2D eigenvalue weighted by Gasteiger charge is 1.90. The Morgan fingerprint density at radius 1 is 1.27 bits per heavy atom. The van der Waals surface area contributed by atoms with E-state index in [1.165, 1.54) is 5.19 Å². The molecule has 0 atom stereocenters. The summed E-state index contributed by atoms with van der Waals surface area (Å²) in [6.07, 6.45) is 0. The zero-order valence-corrected chi connectivity index (χ0v) is 9.02. The van der Waals surface area contributed by atoms with Gasteiger partial charge in [-0.3, -0.25) is 0 Å². The molecule has 1 rings (SSSR count). The van der Waals surface area contributed by atoms with E-state index in [-0.39, 0.29) is 0 Å². The molecule has 0 radical (unpaired) electrons. The summed E-state index contributed by atoms with van der Waals surface area (Å²) in [4.78, 5) is 9.95. The van der Waals surface area contributed by atoms with Crippen molar-refractivity contribution >= 4 is 30.6 Å². The van der Waals surface area contributed by atoms with Crippen molar-refractivity contribution in [2.45, 2.75) is 0 Å². The number of carbonyl (C=O) groups excluding carboxylic acids is 1. The zero-order chi connectivity index (χ0) is 7.94. The smallest absolute Gasteiger partial charge is 0.218 e. The molecule has 0 fully saturated rings. The minimum absolute atomic E-state index is 0.592. The Labute approximate surface area is 70.5 Å². The van der Waals surface area contributed by atoms with Gasteiger partial charge in [-0.05, 0) is 5.19 Å². The van der Waals surface area contributed by atoms with Gasteiger partial charge < -0.3 is 8.91 Å². The fourth-order valence-corrected chi connectivity index (χ4v) is 3.06. The lowest BCUT2D eigenvalue weighted by molar-refractivity contribution is 0.560. The van der Waals surface area contributed by atoms with E-state index in [2.05, 4.69) is 0 Å². The Hall–Kier alpha value is -0.716. The van der Waals surface area contributed by atoms with Gasteiger partial charge in [0.25, 0.3) is 0 Å². The van der Waals surface area contributed by atoms with Crippen LogP contribution in [0.2, 0.25) is 0 Å². The van der Waals surface area contributed by atoms with Crippen LogP contribution in [0.3, 0.4) is 0 Å². The van der Waals surface area contributed by atoms with Crippen LogP contribution in [0.15, 0.2) is 30.3 Å². The second kappa shape index (κ2) is 5.00. The average Bonchev–Trinajstić information content (AvgIpc) is 2.07. The Bertz CT molecular complexity index is 213. The van der Waals surface area contributed by atoms with Gasteiger partial charge >= 0.3 is 0 Å². The number of hydrogen-bond donors (Lipinski definition) is 0. The van der Waals surface area contributed by atoms with Gasteiger partial charge in [0.2, 0.25) is 9.76 Å². The van der Waals surface area contributed by atoms with Crippen LogP contribution in [0.25, 0.3) is 0 Å². The van der Waals surface area contributed by atoms with Crippen LogP contribution in [-0.4, -0.2) is 25.4 Å². The molecule has 2 nitrogen and oxygen atoms in total. The van der Waals surface area contributed by atoms with Crippen LogP contribution in [0.5, 0.6) is 0 Å². The van der Waals surface area contributed by atoms with Crippen molar-refractivity contribution in [3.05, 3.63) is 30.3 Å². The maximum absolute atomic E-state index is 9.95. The molecule has 0 saturated carbocycles. The molecule has 58 valence electrons. The number of hydrogen-bond acceptors (Lipinski definition) is 2. The lowest BCUT2D eigenvalue weighted by Gasteiger charge is -1.97. The lowest BCUT2D eigenvalue weighted by atomic mass is 10.4. The van der Waals surface area contributed by atoms with Crippen LogP contribution in [0.4, 0.5) is 0 Å².